The van der Waals surface area contributed by atoms with Gasteiger partial charge in [0, 0.05) is 30.8 Å². The number of benzene rings is 2. The monoisotopic (exact) mass is 283 g/mol. The van der Waals surface area contributed by atoms with Crippen molar-refractivity contribution in [2.45, 2.75) is 18.9 Å². The van der Waals surface area contributed by atoms with Gasteiger partial charge < -0.3 is 14.8 Å². The summed E-state index contributed by atoms with van der Waals surface area (Å²) < 4.78 is 11.0. The first-order chi connectivity index (χ1) is 10.4. The van der Waals surface area contributed by atoms with Crippen molar-refractivity contribution < 1.29 is 9.47 Å². The maximum absolute atomic E-state index is 5.72. The van der Waals surface area contributed by atoms with Gasteiger partial charge in [-0.3, -0.25) is 0 Å². The van der Waals surface area contributed by atoms with Crippen molar-refractivity contribution in [3.63, 3.8) is 0 Å². The van der Waals surface area contributed by atoms with E-state index in [1.54, 1.807) is 7.11 Å². The highest BCUT2D eigenvalue weighted by atomic mass is 16.5. The molecule has 1 aliphatic heterocycles. The van der Waals surface area contributed by atoms with E-state index in [2.05, 4.69) is 41.7 Å². The Balaban J connectivity index is 1.72. The number of ether oxygens (including phenoxy) is 2. The Morgan fingerprint density at radius 2 is 1.95 bits per heavy atom. The van der Waals surface area contributed by atoms with Gasteiger partial charge in [0.25, 0.3) is 0 Å². The van der Waals surface area contributed by atoms with Crippen molar-refractivity contribution in [3.05, 3.63) is 59.7 Å². The van der Waals surface area contributed by atoms with Crippen LogP contribution in [0.1, 0.15) is 23.5 Å². The summed E-state index contributed by atoms with van der Waals surface area (Å²) in [6.07, 6.45) is 1.05. The molecule has 0 bridgehead atoms. The number of hydrogen-bond acceptors (Lipinski definition) is 3. The first-order valence-electron chi connectivity index (χ1n) is 7.41. The van der Waals surface area contributed by atoms with Crippen molar-refractivity contribution in [1.82, 2.24) is 0 Å². The van der Waals surface area contributed by atoms with E-state index in [1.165, 1.54) is 11.1 Å². The summed E-state index contributed by atoms with van der Waals surface area (Å²) in [7, 11) is 1.73. The Morgan fingerprint density at radius 1 is 1.14 bits per heavy atom. The molecule has 1 aliphatic rings. The van der Waals surface area contributed by atoms with Crippen LogP contribution in [-0.4, -0.2) is 20.3 Å². The quantitative estimate of drug-likeness (QED) is 0.905. The number of methoxy groups -OCH3 is 1. The van der Waals surface area contributed by atoms with Crippen molar-refractivity contribution in [2.75, 3.05) is 25.6 Å². The molecule has 1 heterocycles. The summed E-state index contributed by atoms with van der Waals surface area (Å²) in [6, 6.07) is 16.6. The van der Waals surface area contributed by atoms with E-state index >= 15 is 0 Å². The van der Waals surface area contributed by atoms with Crippen LogP contribution in [0.5, 0.6) is 5.75 Å². The molecular formula is C18H21NO2. The summed E-state index contributed by atoms with van der Waals surface area (Å²) in [4.78, 5) is 0. The predicted molar refractivity (Wildman–Crippen MR) is 84.9 cm³/mol. The van der Waals surface area contributed by atoms with E-state index < -0.39 is 0 Å². The maximum atomic E-state index is 5.72. The predicted octanol–water partition coefficient (Wildman–Crippen LogP) is 3.81. The Kier molecular flexibility index (Phi) is 4.41. The number of rotatable bonds is 5. The third-order valence-electron chi connectivity index (χ3n) is 3.94. The van der Waals surface area contributed by atoms with Crippen LogP contribution in [0.2, 0.25) is 0 Å². The van der Waals surface area contributed by atoms with E-state index in [1.807, 2.05) is 12.1 Å². The van der Waals surface area contributed by atoms with Crippen LogP contribution in [0.4, 0.5) is 5.69 Å². The lowest BCUT2D eigenvalue weighted by molar-refractivity contribution is 0.185. The number of anilines is 1. The lowest BCUT2D eigenvalue weighted by Crippen LogP contribution is -2.21. The van der Waals surface area contributed by atoms with E-state index in [9.17, 15) is 0 Å². The molecule has 21 heavy (non-hydrogen) atoms. The summed E-state index contributed by atoms with van der Waals surface area (Å²) >= 11 is 0. The fourth-order valence-electron chi connectivity index (χ4n) is 2.84. The van der Waals surface area contributed by atoms with Gasteiger partial charge in [0.1, 0.15) is 5.75 Å². The van der Waals surface area contributed by atoms with Crippen molar-refractivity contribution >= 4 is 5.69 Å². The zero-order valence-electron chi connectivity index (χ0n) is 12.3. The van der Waals surface area contributed by atoms with Gasteiger partial charge in [-0.25, -0.2) is 0 Å². The molecule has 0 saturated carbocycles. The zero-order valence-corrected chi connectivity index (χ0v) is 12.3. The molecule has 0 fully saturated rings. The van der Waals surface area contributed by atoms with E-state index in [0.29, 0.717) is 12.5 Å². The fourth-order valence-corrected chi connectivity index (χ4v) is 2.84. The molecule has 1 unspecified atom stereocenters. The van der Waals surface area contributed by atoms with Crippen molar-refractivity contribution in [3.8, 4) is 5.75 Å². The average Bonchev–Trinajstić information content (AvgIpc) is 2.54. The van der Waals surface area contributed by atoms with Gasteiger partial charge in [-0.2, -0.15) is 0 Å². The molecule has 3 rings (SSSR count). The normalized spacial score (nSPS) is 16.9. The van der Waals surface area contributed by atoms with Crippen molar-refractivity contribution in [2.24, 2.45) is 0 Å². The fraction of sp³-hybridized carbons (Fsp3) is 0.333. The highest BCUT2D eigenvalue weighted by Crippen LogP contribution is 2.33. The highest BCUT2D eigenvalue weighted by molar-refractivity contribution is 5.51. The molecule has 0 saturated heterocycles. The first kappa shape index (κ1) is 14.0. The minimum Gasteiger partial charge on any atom is -0.493 e. The minimum absolute atomic E-state index is 0.491. The number of para-hydroxylation sites is 2. The van der Waals surface area contributed by atoms with Crippen LogP contribution in [0.25, 0.3) is 0 Å². The molecule has 1 N–H and O–H groups in total. The van der Waals surface area contributed by atoms with E-state index in [0.717, 1.165) is 31.0 Å². The first-order valence-corrected chi connectivity index (χ1v) is 7.41. The number of hydrogen-bond donors (Lipinski definition) is 1. The molecule has 2 aromatic rings. The SMILES string of the molecule is COCc1ccccc1NCC1CCOc2ccccc21. The summed E-state index contributed by atoms with van der Waals surface area (Å²) in [5.41, 5.74) is 3.66. The largest absolute Gasteiger partial charge is 0.493 e. The molecule has 3 nitrogen and oxygen atoms in total. The van der Waals surface area contributed by atoms with Gasteiger partial charge in [0.2, 0.25) is 0 Å². The third-order valence-corrected chi connectivity index (χ3v) is 3.94. The van der Waals surface area contributed by atoms with Crippen LogP contribution in [-0.2, 0) is 11.3 Å². The van der Waals surface area contributed by atoms with Crippen LogP contribution < -0.4 is 10.1 Å². The smallest absolute Gasteiger partial charge is 0.122 e. The second-order valence-corrected chi connectivity index (χ2v) is 5.34. The summed E-state index contributed by atoms with van der Waals surface area (Å²) in [5.74, 6) is 1.52. The number of fused-ring (bicyclic) bond motifs is 1. The molecule has 3 heteroatoms. The van der Waals surface area contributed by atoms with Gasteiger partial charge >= 0.3 is 0 Å². The van der Waals surface area contributed by atoms with Gasteiger partial charge in [0.15, 0.2) is 0 Å². The number of nitrogens with one attached hydrogen (secondary N) is 1. The highest BCUT2D eigenvalue weighted by Gasteiger charge is 2.20. The van der Waals surface area contributed by atoms with E-state index in [4.69, 9.17) is 9.47 Å². The molecule has 110 valence electrons. The Morgan fingerprint density at radius 3 is 2.86 bits per heavy atom. The Hall–Kier alpha value is -2.00. The zero-order chi connectivity index (χ0) is 14.5. The van der Waals surface area contributed by atoms with Gasteiger partial charge in [-0.1, -0.05) is 36.4 Å². The molecule has 0 spiro atoms. The van der Waals surface area contributed by atoms with Crippen LogP contribution >= 0.6 is 0 Å². The molecule has 0 radical (unpaired) electrons. The molecule has 0 amide bonds. The summed E-state index contributed by atoms with van der Waals surface area (Å²) in [5, 5.41) is 3.57. The Labute approximate surface area is 125 Å². The molecule has 2 aromatic carbocycles. The second-order valence-electron chi connectivity index (χ2n) is 5.34. The van der Waals surface area contributed by atoms with Gasteiger partial charge in [0.05, 0.1) is 13.2 Å². The van der Waals surface area contributed by atoms with Crippen LogP contribution in [0.15, 0.2) is 48.5 Å². The molecule has 0 aromatic heterocycles. The third kappa shape index (κ3) is 3.19. The molecule has 0 aliphatic carbocycles. The van der Waals surface area contributed by atoms with Crippen LogP contribution in [0, 0.1) is 0 Å². The van der Waals surface area contributed by atoms with Gasteiger partial charge in [-0.15, -0.1) is 0 Å². The van der Waals surface area contributed by atoms with Crippen molar-refractivity contribution in [1.29, 1.82) is 0 Å². The average molecular weight is 283 g/mol. The van der Waals surface area contributed by atoms with E-state index in [-0.39, 0.29) is 0 Å². The lowest BCUT2D eigenvalue weighted by Gasteiger charge is -2.26. The second kappa shape index (κ2) is 6.64. The lowest BCUT2D eigenvalue weighted by atomic mass is 9.93. The standard InChI is InChI=1S/C18H21NO2/c1-20-13-15-6-2-4-8-17(15)19-12-14-10-11-21-18-9-5-3-7-16(14)18/h2-9,14,19H,10-13H2,1H3. The Bertz CT molecular complexity index is 597. The van der Waals surface area contributed by atoms with Gasteiger partial charge in [-0.05, 0) is 24.1 Å². The molecular weight excluding hydrogens is 262 g/mol. The minimum atomic E-state index is 0.491. The maximum Gasteiger partial charge on any atom is 0.122 e. The topological polar surface area (TPSA) is 30.5 Å². The summed E-state index contributed by atoms with van der Waals surface area (Å²) in [6.45, 7) is 2.34. The molecule has 1 atom stereocenters. The van der Waals surface area contributed by atoms with Crippen LogP contribution in [0.3, 0.4) is 0 Å².